The number of nitrogens with zero attached hydrogens (tertiary/aromatic N) is 4. The molecule has 0 radical (unpaired) electrons. The van der Waals surface area contributed by atoms with Gasteiger partial charge >= 0.3 is 0 Å². The maximum absolute atomic E-state index is 13.6. The molecule has 3 aromatic carbocycles. The third-order valence-corrected chi connectivity index (χ3v) is 7.00. The molecular formula is C24H18FN5O2S. The maximum atomic E-state index is 13.6. The Morgan fingerprint density at radius 3 is 2.36 bits per heavy atom. The monoisotopic (exact) mass is 459 g/mol. The molecule has 0 amide bonds. The van der Waals surface area contributed by atoms with Crippen molar-refractivity contribution in [2.24, 2.45) is 5.10 Å². The highest BCUT2D eigenvalue weighted by molar-refractivity contribution is 7.92. The molecule has 2 aromatic heterocycles. The van der Waals surface area contributed by atoms with Crippen molar-refractivity contribution < 1.29 is 12.8 Å². The van der Waals surface area contributed by atoms with Crippen LogP contribution in [0, 0.1) is 12.7 Å². The Hall–Kier alpha value is -4.11. The van der Waals surface area contributed by atoms with Crippen LogP contribution < -0.4 is 5.73 Å². The average Bonchev–Trinajstić information content (AvgIpc) is 3.08. The number of hydrogen-bond donors (Lipinski definition) is 1. The van der Waals surface area contributed by atoms with Crippen LogP contribution in [0.25, 0.3) is 22.2 Å². The molecule has 0 aliphatic carbocycles. The number of nitrogens with two attached hydrogens (primary N) is 1. The fourth-order valence-electron chi connectivity index (χ4n) is 3.58. The SMILES string of the molecule is Cc1cccc(S(=O)(=O)c2c(N)n(/N=C/c3ccc(F)cc3)c3nc4ccccc4nc23)c1. The topological polar surface area (TPSA) is 103 Å². The molecule has 0 aliphatic rings. The van der Waals surface area contributed by atoms with Crippen molar-refractivity contribution >= 4 is 44.1 Å². The normalized spacial score (nSPS) is 12.2. The van der Waals surface area contributed by atoms with Gasteiger partial charge in [0.2, 0.25) is 9.84 Å². The second kappa shape index (κ2) is 7.79. The summed E-state index contributed by atoms with van der Waals surface area (Å²) in [6.45, 7) is 1.81. The molecule has 9 heteroatoms. The van der Waals surface area contributed by atoms with Gasteiger partial charge in [0.1, 0.15) is 22.0 Å². The number of para-hydroxylation sites is 2. The average molecular weight is 460 g/mol. The number of anilines is 1. The van der Waals surface area contributed by atoms with Gasteiger partial charge in [-0.1, -0.05) is 36.4 Å². The fourth-order valence-corrected chi connectivity index (χ4v) is 5.17. The molecule has 0 aliphatic heterocycles. The van der Waals surface area contributed by atoms with E-state index in [1.807, 2.05) is 19.1 Å². The Balaban J connectivity index is 1.79. The largest absolute Gasteiger partial charge is 0.382 e. The fraction of sp³-hybridized carbons (Fsp3) is 0.0417. The second-order valence-electron chi connectivity index (χ2n) is 7.53. The highest BCUT2D eigenvalue weighted by atomic mass is 32.2. The maximum Gasteiger partial charge on any atom is 0.212 e. The molecule has 7 nitrogen and oxygen atoms in total. The standard InChI is InChI=1S/C24H18FN5O2S/c1-15-5-4-6-18(13-15)33(31,32)22-21-24(29-20-8-3-2-7-19(20)28-21)30(23(22)26)27-14-16-9-11-17(25)12-10-16/h2-14H,26H2,1H3/b27-14+. The Morgan fingerprint density at radius 1 is 0.970 bits per heavy atom. The van der Waals surface area contributed by atoms with Crippen LogP contribution in [-0.2, 0) is 9.84 Å². The van der Waals surface area contributed by atoms with E-state index in [0.29, 0.717) is 16.6 Å². The van der Waals surface area contributed by atoms with Gasteiger partial charge in [0.05, 0.1) is 22.1 Å². The molecular weight excluding hydrogens is 441 g/mol. The number of rotatable bonds is 4. The van der Waals surface area contributed by atoms with Gasteiger partial charge in [-0.25, -0.2) is 22.8 Å². The Bertz CT molecular complexity index is 1660. The van der Waals surface area contributed by atoms with E-state index in [0.717, 1.165) is 5.56 Å². The van der Waals surface area contributed by atoms with Crippen LogP contribution >= 0.6 is 0 Å². The number of benzene rings is 3. The molecule has 164 valence electrons. The summed E-state index contributed by atoms with van der Waals surface area (Å²) >= 11 is 0. The lowest BCUT2D eigenvalue weighted by molar-refractivity contribution is 0.597. The first-order valence-electron chi connectivity index (χ1n) is 10.0. The van der Waals surface area contributed by atoms with E-state index >= 15 is 0 Å². The van der Waals surface area contributed by atoms with E-state index in [9.17, 15) is 12.8 Å². The summed E-state index contributed by atoms with van der Waals surface area (Å²) in [5.41, 5.74) is 9.20. The smallest absolute Gasteiger partial charge is 0.212 e. The zero-order valence-electron chi connectivity index (χ0n) is 17.5. The lowest BCUT2D eigenvalue weighted by Gasteiger charge is -2.06. The van der Waals surface area contributed by atoms with Crippen LogP contribution in [-0.4, -0.2) is 29.3 Å². The summed E-state index contributed by atoms with van der Waals surface area (Å²) in [5.74, 6) is -0.484. The van der Waals surface area contributed by atoms with E-state index in [2.05, 4.69) is 15.1 Å². The summed E-state index contributed by atoms with van der Waals surface area (Å²) in [4.78, 5) is 9.11. The van der Waals surface area contributed by atoms with Crippen LogP contribution in [0.15, 0.2) is 87.7 Å². The van der Waals surface area contributed by atoms with Gasteiger partial charge < -0.3 is 5.73 Å². The predicted octanol–water partition coefficient (Wildman–Crippen LogP) is 4.33. The van der Waals surface area contributed by atoms with Gasteiger partial charge in [-0.15, -0.1) is 0 Å². The van der Waals surface area contributed by atoms with Crippen LogP contribution in [0.2, 0.25) is 0 Å². The van der Waals surface area contributed by atoms with Crippen molar-refractivity contribution in [2.75, 3.05) is 5.73 Å². The van der Waals surface area contributed by atoms with E-state index in [1.54, 1.807) is 42.5 Å². The van der Waals surface area contributed by atoms with Crippen molar-refractivity contribution in [3.63, 3.8) is 0 Å². The van der Waals surface area contributed by atoms with Crippen LogP contribution in [0.5, 0.6) is 0 Å². The molecule has 0 unspecified atom stereocenters. The minimum absolute atomic E-state index is 0.103. The Morgan fingerprint density at radius 2 is 1.67 bits per heavy atom. The lowest BCUT2D eigenvalue weighted by Crippen LogP contribution is -2.07. The lowest BCUT2D eigenvalue weighted by atomic mass is 10.2. The van der Waals surface area contributed by atoms with Crippen molar-refractivity contribution in [3.8, 4) is 0 Å². The number of nitrogen functional groups attached to an aromatic ring is 1. The van der Waals surface area contributed by atoms with Gasteiger partial charge in [-0.05, 0) is 54.4 Å². The number of fused-ring (bicyclic) bond motifs is 2. The molecule has 2 heterocycles. The Kier molecular flexibility index (Phi) is 4.90. The number of hydrogen-bond acceptors (Lipinski definition) is 6. The minimum Gasteiger partial charge on any atom is -0.382 e. The highest BCUT2D eigenvalue weighted by Crippen LogP contribution is 2.35. The summed E-state index contributed by atoms with van der Waals surface area (Å²) in [6, 6.07) is 19.4. The molecule has 5 rings (SSSR count). The zero-order chi connectivity index (χ0) is 23.2. The molecule has 0 fully saturated rings. The summed E-state index contributed by atoms with van der Waals surface area (Å²) in [6.07, 6.45) is 1.45. The third-order valence-electron chi connectivity index (χ3n) is 5.19. The zero-order valence-corrected chi connectivity index (χ0v) is 18.3. The number of halogens is 1. The molecule has 2 N–H and O–H groups in total. The quantitative estimate of drug-likeness (QED) is 0.403. The van der Waals surface area contributed by atoms with Gasteiger partial charge in [0, 0.05) is 0 Å². The molecule has 0 atom stereocenters. The first kappa shape index (κ1) is 20.8. The van der Waals surface area contributed by atoms with E-state index in [1.165, 1.54) is 29.1 Å². The van der Waals surface area contributed by atoms with Gasteiger partial charge in [-0.3, -0.25) is 0 Å². The molecule has 0 saturated heterocycles. The van der Waals surface area contributed by atoms with Crippen LogP contribution in [0.3, 0.4) is 0 Å². The third kappa shape index (κ3) is 3.62. The van der Waals surface area contributed by atoms with Crippen molar-refractivity contribution in [1.29, 1.82) is 0 Å². The number of aryl methyl sites for hydroxylation is 1. The predicted molar refractivity (Wildman–Crippen MR) is 125 cm³/mol. The summed E-state index contributed by atoms with van der Waals surface area (Å²) in [5, 5.41) is 4.36. The number of sulfone groups is 1. The second-order valence-corrected chi connectivity index (χ2v) is 9.41. The molecule has 0 saturated carbocycles. The van der Waals surface area contributed by atoms with E-state index < -0.39 is 9.84 Å². The highest BCUT2D eigenvalue weighted by Gasteiger charge is 2.30. The first-order valence-corrected chi connectivity index (χ1v) is 11.5. The van der Waals surface area contributed by atoms with Crippen molar-refractivity contribution in [1.82, 2.24) is 14.6 Å². The van der Waals surface area contributed by atoms with E-state index in [-0.39, 0.29) is 32.6 Å². The molecule has 0 spiro atoms. The van der Waals surface area contributed by atoms with Crippen LogP contribution in [0.1, 0.15) is 11.1 Å². The van der Waals surface area contributed by atoms with Gasteiger partial charge in [-0.2, -0.15) is 9.78 Å². The van der Waals surface area contributed by atoms with Gasteiger partial charge in [0.25, 0.3) is 0 Å². The van der Waals surface area contributed by atoms with Crippen molar-refractivity contribution in [2.45, 2.75) is 16.7 Å². The van der Waals surface area contributed by atoms with Crippen LogP contribution in [0.4, 0.5) is 10.2 Å². The molecule has 0 bridgehead atoms. The number of aromatic nitrogens is 3. The summed E-state index contributed by atoms with van der Waals surface area (Å²) in [7, 11) is -4.03. The first-order chi connectivity index (χ1) is 15.8. The van der Waals surface area contributed by atoms with E-state index in [4.69, 9.17) is 5.73 Å². The molecule has 5 aromatic rings. The van der Waals surface area contributed by atoms with Crippen molar-refractivity contribution in [3.05, 3.63) is 89.7 Å². The van der Waals surface area contributed by atoms with Gasteiger partial charge in [0.15, 0.2) is 5.65 Å². The minimum atomic E-state index is -4.03. The Labute approximate surface area is 188 Å². The summed E-state index contributed by atoms with van der Waals surface area (Å²) < 4.78 is 41.7. The molecule has 33 heavy (non-hydrogen) atoms.